The normalized spacial score (nSPS) is 13.4. The Bertz CT molecular complexity index is 865. The van der Waals surface area contributed by atoms with Crippen molar-refractivity contribution in [3.63, 3.8) is 0 Å². The van der Waals surface area contributed by atoms with Crippen LogP contribution in [-0.2, 0) is 12.6 Å². The summed E-state index contributed by atoms with van der Waals surface area (Å²) >= 11 is 0. The van der Waals surface area contributed by atoms with Crippen LogP contribution < -0.4 is 5.32 Å². The van der Waals surface area contributed by atoms with E-state index in [0.717, 1.165) is 15.9 Å². The number of fused-ring (bicyclic) bond motifs is 1. The van der Waals surface area contributed by atoms with Crippen molar-refractivity contribution in [3.05, 3.63) is 35.0 Å². The first-order valence-electron chi connectivity index (χ1n) is 7.31. The van der Waals surface area contributed by atoms with Gasteiger partial charge < -0.3 is 5.32 Å². The van der Waals surface area contributed by atoms with E-state index in [1.54, 1.807) is 13.0 Å². The predicted octanol–water partition coefficient (Wildman–Crippen LogP) is 2.53. The van der Waals surface area contributed by atoms with Crippen molar-refractivity contribution in [2.24, 2.45) is 0 Å². The van der Waals surface area contributed by atoms with E-state index in [2.05, 4.69) is 30.6 Å². The minimum atomic E-state index is -4.61. The van der Waals surface area contributed by atoms with Crippen molar-refractivity contribution in [1.29, 1.82) is 0 Å². The molecule has 0 saturated carbocycles. The number of rotatable bonds is 4. The number of H-pyrrole nitrogens is 1. The van der Waals surface area contributed by atoms with Gasteiger partial charge in [0.25, 0.3) is 11.6 Å². The molecule has 7 nitrogen and oxygen atoms in total. The number of anilines is 1. The fourth-order valence-corrected chi connectivity index (χ4v) is 2.41. The molecule has 0 spiro atoms. The highest BCUT2D eigenvalue weighted by Crippen LogP contribution is 2.27. The summed E-state index contributed by atoms with van der Waals surface area (Å²) in [7, 11) is 0. The lowest BCUT2D eigenvalue weighted by molar-refractivity contribution is -0.144. The number of nitrogens with one attached hydrogen (secondary N) is 2. The molecule has 0 amide bonds. The smallest absolute Gasteiger partial charge is 0.367 e. The highest BCUT2D eigenvalue weighted by molar-refractivity contribution is 5.46. The van der Waals surface area contributed by atoms with E-state index in [1.807, 2.05) is 19.9 Å². The molecule has 0 aromatic carbocycles. The number of aromatic amines is 1. The molecular weight excluding hydrogens is 323 g/mol. The van der Waals surface area contributed by atoms with Gasteiger partial charge in [-0.1, -0.05) is 0 Å². The van der Waals surface area contributed by atoms with E-state index in [1.165, 1.54) is 0 Å². The predicted molar refractivity (Wildman–Crippen MR) is 80.6 cm³/mol. The van der Waals surface area contributed by atoms with Gasteiger partial charge in [0.15, 0.2) is 0 Å². The maximum Gasteiger partial charge on any atom is 0.453 e. The lowest BCUT2D eigenvalue weighted by Gasteiger charge is -2.15. The third kappa shape index (κ3) is 3.31. The Morgan fingerprint density at radius 3 is 2.62 bits per heavy atom. The Morgan fingerprint density at radius 1 is 1.25 bits per heavy atom. The highest BCUT2D eigenvalue weighted by Gasteiger charge is 2.36. The van der Waals surface area contributed by atoms with Gasteiger partial charge in [0.2, 0.25) is 0 Å². The molecule has 0 bridgehead atoms. The van der Waals surface area contributed by atoms with Crippen molar-refractivity contribution in [1.82, 2.24) is 29.8 Å². The second kappa shape index (κ2) is 5.77. The number of aryl methyl sites for hydroxylation is 2. The van der Waals surface area contributed by atoms with E-state index < -0.39 is 12.0 Å². The van der Waals surface area contributed by atoms with Crippen LogP contribution >= 0.6 is 0 Å². The van der Waals surface area contributed by atoms with Gasteiger partial charge in [0.05, 0.1) is 5.69 Å². The molecule has 2 N–H and O–H groups in total. The summed E-state index contributed by atoms with van der Waals surface area (Å²) in [5.74, 6) is -0.896. The Morgan fingerprint density at radius 2 is 2.00 bits per heavy atom. The molecule has 0 fully saturated rings. The second-order valence-corrected chi connectivity index (χ2v) is 5.72. The van der Waals surface area contributed by atoms with Crippen molar-refractivity contribution in [2.45, 2.75) is 39.4 Å². The molecule has 24 heavy (non-hydrogen) atoms. The number of hydrogen-bond acceptors (Lipinski definition) is 5. The second-order valence-electron chi connectivity index (χ2n) is 5.72. The van der Waals surface area contributed by atoms with Crippen LogP contribution in [0.3, 0.4) is 0 Å². The van der Waals surface area contributed by atoms with E-state index in [0.29, 0.717) is 17.9 Å². The van der Waals surface area contributed by atoms with E-state index in [9.17, 15) is 13.2 Å². The zero-order valence-electron chi connectivity index (χ0n) is 13.3. The fraction of sp³-hybridized carbons (Fsp3) is 0.429. The summed E-state index contributed by atoms with van der Waals surface area (Å²) in [5, 5.41) is 13.7. The molecule has 0 aliphatic carbocycles. The summed E-state index contributed by atoms with van der Waals surface area (Å²) in [6, 6.07) is 3.48. The van der Waals surface area contributed by atoms with Gasteiger partial charge in [-0.3, -0.25) is 5.10 Å². The van der Waals surface area contributed by atoms with Crippen LogP contribution in [0.1, 0.15) is 29.8 Å². The van der Waals surface area contributed by atoms with Crippen molar-refractivity contribution < 1.29 is 13.2 Å². The van der Waals surface area contributed by atoms with Crippen molar-refractivity contribution in [2.75, 3.05) is 5.32 Å². The molecule has 1 atom stereocenters. The van der Waals surface area contributed by atoms with Crippen LogP contribution in [0, 0.1) is 13.8 Å². The van der Waals surface area contributed by atoms with E-state index >= 15 is 0 Å². The van der Waals surface area contributed by atoms with E-state index in [4.69, 9.17) is 0 Å². The van der Waals surface area contributed by atoms with Gasteiger partial charge in [-0.2, -0.15) is 27.8 Å². The number of hydrogen-bond donors (Lipinski definition) is 2. The Balaban J connectivity index is 1.89. The van der Waals surface area contributed by atoms with Gasteiger partial charge in [-0.05, 0) is 26.8 Å². The number of nitrogens with zero attached hydrogens (tertiary/aromatic N) is 5. The lowest BCUT2D eigenvalue weighted by Crippen LogP contribution is -2.21. The molecule has 1 unspecified atom stereocenters. The monoisotopic (exact) mass is 339 g/mol. The van der Waals surface area contributed by atoms with Crippen LogP contribution in [0.25, 0.3) is 5.78 Å². The van der Waals surface area contributed by atoms with Gasteiger partial charge in [0.1, 0.15) is 5.82 Å². The molecule has 3 heterocycles. The third-order valence-corrected chi connectivity index (χ3v) is 3.36. The largest absolute Gasteiger partial charge is 0.453 e. The molecule has 0 aliphatic rings. The molecule has 128 valence electrons. The van der Waals surface area contributed by atoms with E-state index in [-0.39, 0.29) is 11.8 Å². The molecule has 3 rings (SSSR count). The standard InChI is InChI=1S/C14H16F3N7/c1-7(4-10-5-9(3)21-22-10)18-11-6-8(2)19-13-20-12(14(15,16)17)23-24(11)13/h5-7,18H,4H2,1-3H3,(H,21,22). The number of aromatic nitrogens is 6. The molecule has 3 aromatic heterocycles. The lowest BCUT2D eigenvalue weighted by atomic mass is 10.2. The molecule has 0 aliphatic heterocycles. The zero-order chi connectivity index (χ0) is 17.5. The Labute approximate surface area is 135 Å². The number of halogens is 3. The molecule has 3 aromatic rings. The SMILES string of the molecule is Cc1cc(NC(C)Cc2cc(C)[nH]n2)n2nc(C(F)(F)F)nc2n1. The molecule has 0 saturated heterocycles. The molecule has 10 heteroatoms. The molecular formula is C14H16F3N7. The zero-order valence-corrected chi connectivity index (χ0v) is 13.3. The minimum absolute atomic E-state index is 0.0729. The summed E-state index contributed by atoms with van der Waals surface area (Å²) in [6.45, 7) is 5.50. The molecule has 0 radical (unpaired) electrons. The minimum Gasteiger partial charge on any atom is -0.367 e. The first-order valence-corrected chi connectivity index (χ1v) is 7.31. The average molecular weight is 339 g/mol. The average Bonchev–Trinajstić information content (AvgIpc) is 3.04. The van der Waals surface area contributed by atoms with Crippen LogP contribution in [0.15, 0.2) is 12.1 Å². The van der Waals surface area contributed by atoms with Crippen LogP contribution in [0.2, 0.25) is 0 Å². The summed E-state index contributed by atoms with van der Waals surface area (Å²) in [4.78, 5) is 7.46. The van der Waals surface area contributed by atoms with Gasteiger partial charge in [0, 0.05) is 29.9 Å². The van der Waals surface area contributed by atoms with Crippen LogP contribution in [0.5, 0.6) is 0 Å². The van der Waals surface area contributed by atoms with Gasteiger partial charge in [-0.15, -0.1) is 5.10 Å². The first kappa shape index (κ1) is 16.2. The topological polar surface area (TPSA) is 83.8 Å². The van der Waals surface area contributed by atoms with Crippen LogP contribution in [0.4, 0.5) is 19.0 Å². The first-order chi connectivity index (χ1) is 11.2. The van der Waals surface area contributed by atoms with Crippen molar-refractivity contribution >= 4 is 11.6 Å². The maximum absolute atomic E-state index is 12.8. The van der Waals surface area contributed by atoms with Crippen molar-refractivity contribution in [3.8, 4) is 0 Å². The maximum atomic E-state index is 12.8. The number of alkyl halides is 3. The van der Waals surface area contributed by atoms with Gasteiger partial charge in [-0.25, -0.2) is 4.98 Å². The Kier molecular flexibility index (Phi) is 3.90. The quantitative estimate of drug-likeness (QED) is 0.763. The summed E-state index contributed by atoms with van der Waals surface area (Å²) in [5.41, 5.74) is 2.36. The van der Waals surface area contributed by atoms with Crippen LogP contribution in [-0.4, -0.2) is 35.8 Å². The third-order valence-electron chi connectivity index (χ3n) is 3.36. The fourth-order valence-electron chi connectivity index (χ4n) is 2.41. The van der Waals surface area contributed by atoms with Gasteiger partial charge >= 0.3 is 6.18 Å². The Hall–Kier alpha value is -2.65. The highest BCUT2D eigenvalue weighted by atomic mass is 19.4. The summed E-state index contributed by atoms with van der Waals surface area (Å²) < 4.78 is 39.5. The summed E-state index contributed by atoms with van der Waals surface area (Å²) in [6.07, 6.45) is -4.01.